The Hall–Kier alpha value is -1.56. The van der Waals surface area contributed by atoms with Crippen molar-refractivity contribution in [2.45, 2.75) is 0 Å². The summed E-state index contributed by atoms with van der Waals surface area (Å²) < 4.78 is 2.13. The molecule has 0 fully saturated rings. The van der Waals surface area contributed by atoms with Gasteiger partial charge in [0.05, 0.1) is 0 Å². The molecule has 0 aliphatic rings. The quantitative estimate of drug-likeness (QED) is 0.655. The number of nitrogens with one attached hydrogen (secondary N) is 1. The summed E-state index contributed by atoms with van der Waals surface area (Å²) in [5.41, 5.74) is 0. The van der Waals surface area contributed by atoms with Gasteiger partial charge in [-0.2, -0.15) is 9.78 Å². The van der Waals surface area contributed by atoms with E-state index in [0.29, 0.717) is 10.6 Å². The molecule has 5 nitrogen and oxygen atoms in total. The van der Waals surface area contributed by atoms with Gasteiger partial charge in [0.25, 0.3) is 0 Å². The molecule has 2 heterocycles. The monoisotopic (exact) mass is 179 g/mol. The molecule has 60 valence electrons. The number of H-pyrrole nitrogens is 1. The molecule has 6 heteroatoms. The van der Waals surface area contributed by atoms with Gasteiger partial charge in [-0.3, -0.25) is 0 Å². The molecule has 0 atom stereocenters. The highest BCUT2D eigenvalue weighted by Crippen LogP contribution is 1.94. The van der Waals surface area contributed by atoms with Crippen molar-refractivity contribution in [2.24, 2.45) is 0 Å². The van der Waals surface area contributed by atoms with Crippen LogP contribution < -0.4 is 0 Å². The maximum Gasteiger partial charge on any atom is 0.230 e. The summed E-state index contributed by atoms with van der Waals surface area (Å²) in [6, 6.07) is 1.70. The minimum atomic E-state index is 0.569. The summed E-state index contributed by atoms with van der Waals surface area (Å²) in [4.78, 5) is 10.7. The van der Waals surface area contributed by atoms with Crippen LogP contribution in [0.1, 0.15) is 0 Å². The Kier molecular flexibility index (Phi) is 1.67. The fourth-order valence-corrected chi connectivity index (χ4v) is 0.946. The van der Waals surface area contributed by atoms with Gasteiger partial charge >= 0.3 is 0 Å². The van der Waals surface area contributed by atoms with Crippen LogP contribution in [0, 0.1) is 4.64 Å². The molecule has 0 saturated heterocycles. The number of aromatic amines is 1. The van der Waals surface area contributed by atoms with E-state index in [9.17, 15) is 0 Å². The molecule has 0 amide bonds. The number of hydrogen-bond acceptors (Lipinski definition) is 4. The second-order valence-corrected chi connectivity index (χ2v) is 2.54. The van der Waals surface area contributed by atoms with Crippen LogP contribution in [0.25, 0.3) is 5.95 Å². The SMILES string of the molecule is S=c1ccnc(-n2cncn2)[nH]1. The Morgan fingerprint density at radius 2 is 2.42 bits per heavy atom. The Bertz CT molecular complexity index is 418. The van der Waals surface area contributed by atoms with Gasteiger partial charge in [-0.15, -0.1) is 0 Å². The summed E-state index contributed by atoms with van der Waals surface area (Å²) in [5, 5.41) is 3.89. The molecule has 0 spiro atoms. The van der Waals surface area contributed by atoms with Crippen molar-refractivity contribution in [1.29, 1.82) is 0 Å². The first-order valence-corrected chi connectivity index (χ1v) is 3.67. The lowest BCUT2D eigenvalue weighted by atomic mass is 10.7. The van der Waals surface area contributed by atoms with E-state index in [-0.39, 0.29) is 0 Å². The number of aromatic nitrogens is 5. The lowest BCUT2D eigenvalue weighted by Crippen LogP contribution is -2.00. The molecule has 12 heavy (non-hydrogen) atoms. The molecule has 0 radical (unpaired) electrons. The summed E-state index contributed by atoms with van der Waals surface area (Å²) in [5.74, 6) is 0.569. The van der Waals surface area contributed by atoms with Crippen molar-refractivity contribution in [2.75, 3.05) is 0 Å². The standard InChI is InChI=1S/C6H5N5S/c12-5-1-2-8-6(10-5)11-4-7-3-9-11/h1-4H,(H,8,10,12). The third-order valence-electron chi connectivity index (χ3n) is 1.29. The highest BCUT2D eigenvalue weighted by Gasteiger charge is 1.95. The minimum Gasteiger partial charge on any atom is -0.315 e. The topological polar surface area (TPSA) is 59.4 Å². The van der Waals surface area contributed by atoms with Crippen LogP contribution in [0.4, 0.5) is 0 Å². The Labute approximate surface area is 73.1 Å². The average Bonchev–Trinajstić information content (AvgIpc) is 2.56. The van der Waals surface area contributed by atoms with E-state index in [1.165, 1.54) is 11.0 Å². The maximum absolute atomic E-state index is 4.92. The van der Waals surface area contributed by atoms with E-state index in [2.05, 4.69) is 20.1 Å². The van der Waals surface area contributed by atoms with Gasteiger partial charge in [0.1, 0.15) is 17.3 Å². The first kappa shape index (κ1) is 7.11. The second-order valence-electron chi connectivity index (χ2n) is 2.10. The van der Waals surface area contributed by atoms with Crippen LogP contribution in [0.3, 0.4) is 0 Å². The smallest absolute Gasteiger partial charge is 0.230 e. The first-order chi connectivity index (χ1) is 5.86. The summed E-state index contributed by atoms with van der Waals surface area (Å²) in [6.07, 6.45) is 4.61. The van der Waals surface area contributed by atoms with Crippen molar-refractivity contribution in [3.05, 3.63) is 29.6 Å². The first-order valence-electron chi connectivity index (χ1n) is 3.26. The van der Waals surface area contributed by atoms with Crippen LogP contribution in [0.5, 0.6) is 0 Å². The highest BCUT2D eigenvalue weighted by atomic mass is 32.1. The van der Waals surface area contributed by atoms with Gasteiger partial charge in [-0.1, -0.05) is 12.2 Å². The molecular weight excluding hydrogens is 174 g/mol. The molecule has 2 aromatic rings. The zero-order valence-corrected chi connectivity index (χ0v) is 6.82. The van der Waals surface area contributed by atoms with Gasteiger partial charge in [-0.25, -0.2) is 9.97 Å². The summed E-state index contributed by atoms with van der Waals surface area (Å²) >= 11 is 4.92. The Morgan fingerprint density at radius 1 is 1.50 bits per heavy atom. The number of nitrogens with zero attached hydrogens (tertiary/aromatic N) is 4. The normalized spacial score (nSPS) is 10.0. The van der Waals surface area contributed by atoms with Crippen molar-refractivity contribution in [1.82, 2.24) is 24.7 Å². The Morgan fingerprint density at radius 3 is 3.08 bits per heavy atom. The zero-order chi connectivity index (χ0) is 8.39. The molecule has 1 N–H and O–H groups in total. The summed E-state index contributed by atoms with van der Waals surface area (Å²) in [6.45, 7) is 0. The third kappa shape index (κ3) is 1.24. The van der Waals surface area contributed by atoms with E-state index < -0.39 is 0 Å². The Balaban J connectivity index is 2.55. The van der Waals surface area contributed by atoms with Crippen molar-refractivity contribution < 1.29 is 0 Å². The summed E-state index contributed by atoms with van der Waals surface area (Å²) in [7, 11) is 0. The molecule has 0 aliphatic heterocycles. The van der Waals surface area contributed by atoms with Crippen LogP contribution in [-0.4, -0.2) is 24.7 Å². The van der Waals surface area contributed by atoms with Gasteiger partial charge in [-0.05, 0) is 6.07 Å². The fourth-order valence-electron chi connectivity index (χ4n) is 0.794. The fraction of sp³-hybridized carbons (Fsp3) is 0. The van der Waals surface area contributed by atoms with Crippen LogP contribution in [0.2, 0.25) is 0 Å². The van der Waals surface area contributed by atoms with E-state index >= 15 is 0 Å². The van der Waals surface area contributed by atoms with Crippen molar-refractivity contribution in [3.8, 4) is 5.95 Å². The van der Waals surface area contributed by atoms with E-state index in [0.717, 1.165) is 0 Å². The highest BCUT2D eigenvalue weighted by molar-refractivity contribution is 7.71. The predicted molar refractivity (Wildman–Crippen MR) is 44.3 cm³/mol. The van der Waals surface area contributed by atoms with Crippen LogP contribution in [-0.2, 0) is 0 Å². The van der Waals surface area contributed by atoms with Gasteiger partial charge in [0.15, 0.2) is 0 Å². The maximum atomic E-state index is 4.92. The number of rotatable bonds is 1. The molecule has 0 saturated carbocycles. The van der Waals surface area contributed by atoms with Gasteiger partial charge < -0.3 is 4.98 Å². The average molecular weight is 179 g/mol. The number of hydrogen-bond donors (Lipinski definition) is 1. The lowest BCUT2D eigenvalue weighted by Gasteiger charge is -1.96. The molecule has 2 rings (SSSR count). The largest absolute Gasteiger partial charge is 0.315 e. The van der Waals surface area contributed by atoms with Crippen molar-refractivity contribution >= 4 is 12.2 Å². The van der Waals surface area contributed by atoms with Crippen LogP contribution in [0.15, 0.2) is 24.9 Å². The molecule has 2 aromatic heterocycles. The molecule has 0 bridgehead atoms. The lowest BCUT2D eigenvalue weighted by molar-refractivity contribution is 0.804. The second kappa shape index (κ2) is 2.82. The molecular formula is C6H5N5S. The molecule has 0 unspecified atom stereocenters. The third-order valence-corrected chi connectivity index (χ3v) is 1.53. The van der Waals surface area contributed by atoms with E-state index in [1.54, 1.807) is 18.6 Å². The van der Waals surface area contributed by atoms with E-state index in [1.807, 2.05) is 0 Å². The van der Waals surface area contributed by atoms with Crippen molar-refractivity contribution in [3.63, 3.8) is 0 Å². The molecule has 0 aromatic carbocycles. The molecule has 0 aliphatic carbocycles. The van der Waals surface area contributed by atoms with Crippen LogP contribution >= 0.6 is 12.2 Å². The van der Waals surface area contributed by atoms with Gasteiger partial charge in [0, 0.05) is 6.20 Å². The van der Waals surface area contributed by atoms with Gasteiger partial charge in [0.2, 0.25) is 5.95 Å². The predicted octanol–water partition coefficient (Wildman–Crippen LogP) is 0.720. The zero-order valence-electron chi connectivity index (χ0n) is 6.01. The minimum absolute atomic E-state index is 0.569. The van der Waals surface area contributed by atoms with E-state index in [4.69, 9.17) is 12.2 Å².